The van der Waals surface area contributed by atoms with Gasteiger partial charge in [-0.2, -0.15) is 0 Å². The van der Waals surface area contributed by atoms with Gasteiger partial charge in [0.25, 0.3) is 0 Å². The van der Waals surface area contributed by atoms with Gasteiger partial charge in [-0.25, -0.2) is 9.97 Å². The molecule has 15 heavy (non-hydrogen) atoms. The van der Waals surface area contributed by atoms with Crippen LogP contribution in [0.3, 0.4) is 0 Å². The average Bonchev–Trinajstić information content (AvgIpc) is 2.26. The molecule has 1 aliphatic carbocycles. The van der Waals surface area contributed by atoms with Crippen molar-refractivity contribution in [1.29, 1.82) is 0 Å². The van der Waals surface area contributed by atoms with Crippen LogP contribution in [-0.4, -0.2) is 9.97 Å². The first kappa shape index (κ1) is 11.9. The standard InChI is InChI=1S/C10H11Cl2IN2/c11-8-7(13)9(12)15-10(14-8)6-4-2-1-3-5-6/h6H,1-5H2. The van der Waals surface area contributed by atoms with E-state index >= 15 is 0 Å². The van der Waals surface area contributed by atoms with Crippen molar-refractivity contribution in [2.24, 2.45) is 0 Å². The molecule has 0 amide bonds. The maximum atomic E-state index is 6.00. The van der Waals surface area contributed by atoms with Crippen LogP contribution in [0.25, 0.3) is 0 Å². The van der Waals surface area contributed by atoms with E-state index in [1.54, 1.807) is 0 Å². The molecule has 1 heterocycles. The Morgan fingerprint density at radius 3 is 2.07 bits per heavy atom. The van der Waals surface area contributed by atoms with Gasteiger partial charge < -0.3 is 0 Å². The van der Waals surface area contributed by atoms with E-state index in [0.29, 0.717) is 16.2 Å². The van der Waals surface area contributed by atoms with Crippen molar-refractivity contribution in [1.82, 2.24) is 9.97 Å². The third kappa shape index (κ3) is 2.74. The number of hydrogen-bond acceptors (Lipinski definition) is 2. The molecule has 0 aromatic carbocycles. The van der Waals surface area contributed by atoms with Crippen molar-refractivity contribution in [2.75, 3.05) is 0 Å². The summed E-state index contributed by atoms with van der Waals surface area (Å²) >= 11 is 14.1. The summed E-state index contributed by atoms with van der Waals surface area (Å²) in [6.07, 6.45) is 6.16. The topological polar surface area (TPSA) is 25.8 Å². The monoisotopic (exact) mass is 356 g/mol. The van der Waals surface area contributed by atoms with Gasteiger partial charge in [0.2, 0.25) is 0 Å². The van der Waals surface area contributed by atoms with Crippen LogP contribution < -0.4 is 0 Å². The predicted molar refractivity (Wildman–Crippen MR) is 70.6 cm³/mol. The van der Waals surface area contributed by atoms with Crippen molar-refractivity contribution in [3.63, 3.8) is 0 Å². The Kier molecular flexibility index (Phi) is 4.07. The number of rotatable bonds is 1. The molecule has 82 valence electrons. The third-order valence-electron chi connectivity index (χ3n) is 2.76. The Bertz CT molecular complexity index is 341. The van der Waals surface area contributed by atoms with Crippen LogP contribution >= 0.6 is 45.8 Å². The molecule has 2 nitrogen and oxygen atoms in total. The first-order chi connectivity index (χ1) is 7.18. The van der Waals surface area contributed by atoms with Crippen molar-refractivity contribution in [3.8, 4) is 0 Å². The van der Waals surface area contributed by atoms with Gasteiger partial charge in [0.15, 0.2) is 0 Å². The first-order valence-corrected chi connectivity index (χ1v) is 6.90. The molecule has 1 saturated carbocycles. The molecule has 1 aromatic heterocycles. The Hall–Kier alpha value is 0.390. The fraction of sp³-hybridized carbons (Fsp3) is 0.600. The summed E-state index contributed by atoms with van der Waals surface area (Å²) in [6, 6.07) is 0. The Morgan fingerprint density at radius 1 is 1.00 bits per heavy atom. The van der Waals surface area contributed by atoms with Crippen molar-refractivity contribution >= 4 is 45.8 Å². The maximum absolute atomic E-state index is 6.00. The second-order valence-corrected chi connectivity index (χ2v) is 5.61. The quantitative estimate of drug-likeness (QED) is 0.549. The molecule has 0 bridgehead atoms. The van der Waals surface area contributed by atoms with E-state index in [-0.39, 0.29) is 0 Å². The lowest BCUT2D eigenvalue weighted by atomic mass is 9.89. The molecule has 0 radical (unpaired) electrons. The number of hydrogen-bond donors (Lipinski definition) is 0. The second kappa shape index (κ2) is 5.15. The molecule has 0 aliphatic heterocycles. The zero-order valence-corrected chi connectivity index (χ0v) is 11.8. The highest BCUT2D eigenvalue weighted by Crippen LogP contribution is 2.33. The van der Waals surface area contributed by atoms with Gasteiger partial charge in [-0.3, -0.25) is 0 Å². The minimum atomic E-state index is 0.450. The first-order valence-electron chi connectivity index (χ1n) is 5.07. The average molecular weight is 357 g/mol. The van der Waals surface area contributed by atoms with E-state index in [2.05, 4.69) is 32.6 Å². The molecule has 1 aliphatic rings. The van der Waals surface area contributed by atoms with Crippen LogP contribution in [0, 0.1) is 3.57 Å². The Morgan fingerprint density at radius 2 is 1.53 bits per heavy atom. The van der Waals surface area contributed by atoms with Crippen LogP contribution in [0.5, 0.6) is 0 Å². The van der Waals surface area contributed by atoms with Gasteiger partial charge in [0.05, 0.1) is 3.57 Å². The van der Waals surface area contributed by atoms with Crippen LogP contribution in [0.4, 0.5) is 0 Å². The largest absolute Gasteiger partial charge is 0.220 e. The molecular formula is C10H11Cl2IN2. The summed E-state index contributed by atoms with van der Waals surface area (Å²) in [5.41, 5.74) is 0. The molecular weight excluding hydrogens is 346 g/mol. The Balaban J connectivity index is 2.27. The normalized spacial score (nSPS) is 18.1. The summed E-state index contributed by atoms with van der Waals surface area (Å²) < 4.78 is 0.746. The molecule has 0 atom stereocenters. The molecule has 0 spiro atoms. The third-order valence-corrected chi connectivity index (χ3v) is 4.96. The summed E-state index contributed by atoms with van der Waals surface area (Å²) in [4.78, 5) is 8.64. The smallest absolute Gasteiger partial charge is 0.147 e. The molecule has 0 saturated heterocycles. The number of nitrogens with zero attached hydrogens (tertiary/aromatic N) is 2. The van der Waals surface area contributed by atoms with E-state index in [1.165, 1.54) is 19.3 Å². The predicted octanol–water partition coefficient (Wildman–Crippen LogP) is 4.44. The van der Waals surface area contributed by atoms with Crippen molar-refractivity contribution in [3.05, 3.63) is 19.7 Å². The van der Waals surface area contributed by atoms with Crippen molar-refractivity contribution < 1.29 is 0 Å². The Labute approximate surface area is 113 Å². The zero-order chi connectivity index (χ0) is 10.8. The SMILES string of the molecule is Clc1nc(C2CCCCC2)nc(Cl)c1I. The maximum Gasteiger partial charge on any atom is 0.147 e. The van der Waals surface area contributed by atoms with Gasteiger partial charge >= 0.3 is 0 Å². The molecule has 1 aromatic rings. The van der Waals surface area contributed by atoms with Gasteiger partial charge in [-0.05, 0) is 35.4 Å². The highest BCUT2D eigenvalue weighted by molar-refractivity contribution is 14.1. The highest BCUT2D eigenvalue weighted by atomic mass is 127. The van der Waals surface area contributed by atoms with Crippen LogP contribution in [-0.2, 0) is 0 Å². The van der Waals surface area contributed by atoms with Gasteiger partial charge in [-0.15, -0.1) is 0 Å². The van der Waals surface area contributed by atoms with Crippen LogP contribution in [0.1, 0.15) is 43.8 Å². The van der Waals surface area contributed by atoms with E-state index < -0.39 is 0 Å². The van der Waals surface area contributed by atoms with E-state index in [0.717, 1.165) is 22.2 Å². The van der Waals surface area contributed by atoms with Crippen molar-refractivity contribution in [2.45, 2.75) is 38.0 Å². The number of halogens is 3. The summed E-state index contributed by atoms with van der Waals surface area (Å²) in [6.45, 7) is 0. The lowest BCUT2D eigenvalue weighted by molar-refractivity contribution is 0.428. The molecule has 0 N–H and O–H groups in total. The summed E-state index contributed by atoms with van der Waals surface area (Å²) in [5, 5.41) is 0.965. The van der Waals surface area contributed by atoms with E-state index in [1.807, 2.05) is 0 Å². The summed E-state index contributed by atoms with van der Waals surface area (Å²) in [7, 11) is 0. The van der Waals surface area contributed by atoms with Gasteiger partial charge in [0, 0.05) is 5.92 Å². The molecule has 5 heteroatoms. The molecule has 1 fully saturated rings. The summed E-state index contributed by atoms with van der Waals surface area (Å²) in [5.74, 6) is 1.27. The highest BCUT2D eigenvalue weighted by Gasteiger charge is 2.20. The van der Waals surface area contributed by atoms with Crippen LogP contribution in [0.2, 0.25) is 10.3 Å². The second-order valence-electron chi connectivity index (χ2n) is 3.81. The fourth-order valence-corrected chi connectivity index (χ4v) is 2.59. The van der Waals surface area contributed by atoms with Gasteiger partial charge in [0.1, 0.15) is 16.1 Å². The minimum Gasteiger partial charge on any atom is -0.220 e. The van der Waals surface area contributed by atoms with E-state index in [9.17, 15) is 0 Å². The lowest BCUT2D eigenvalue weighted by Crippen LogP contribution is -2.09. The van der Waals surface area contributed by atoms with E-state index in [4.69, 9.17) is 23.2 Å². The molecule has 0 unspecified atom stereocenters. The minimum absolute atomic E-state index is 0.450. The van der Waals surface area contributed by atoms with Crippen LogP contribution in [0.15, 0.2) is 0 Å². The molecule has 2 rings (SSSR count). The van der Waals surface area contributed by atoms with Gasteiger partial charge in [-0.1, -0.05) is 42.5 Å². The lowest BCUT2D eigenvalue weighted by Gasteiger charge is -2.20. The zero-order valence-electron chi connectivity index (χ0n) is 8.14. The fourth-order valence-electron chi connectivity index (χ4n) is 1.95. The number of aromatic nitrogens is 2.